The van der Waals surface area contributed by atoms with Gasteiger partial charge in [0, 0.05) is 19.6 Å². The first kappa shape index (κ1) is 9.51. The van der Waals surface area contributed by atoms with Gasteiger partial charge >= 0.3 is 5.97 Å². The molecule has 0 bridgehead atoms. The average Bonchev–Trinajstić information content (AvgIpc) is 2.16. The molecule has 0 aromatic heterocycles. The number of cyclic esters (lactones) is 1. The molecule has 3 heteroatoms. The minimum Gasteiger partial charge on any atom is -0.462 e. The maximum atomic E-state index is 11.0. The Morgan fingerprint density at radius 1 is 1.58 bits per heavy atom. The predicted octanol–water partition coefficient (Wildman–Crippen LogP) is 2.05. The molecule has 0 aliphatic carbocycles. The van der Waals surface area contributed by atoms with Gasteiger partial charge in [-0.1, -0.05) is 26.2 Å². The monoisotopic (exact) mass is 184 g/mol. The van der Waals surface area contributed by atoms with E-state index in [-0.39, 0.29) is 5.97 Å². The molecule has 1 aliphatic heterocycles. The minimum atomic E-state index is -1.09. The number of hydrogen-bond donors (Lipinski definition) is 0. The summed E-state index contributed by atoms with van der Waals surface area (Å²) in [6.07, 6.45) is 0. The van der Waals surface area contributed by atoms with Gasteiger partial charge in [0.2, 0.25) is 0 Å². The van der Waals surface area contributed by atoms with Crippen LogP contribution in [0.2, 0.25) is 25.7 Å². The van der Waals surface area contributed by atoms with Gasteiger partial charge in [-0.2, -0.15) is 0 Å². The van der Waals surface area contributed by atoms with Crippen molar-refractivity contribution < 1.29 is 9.53 Å². The summed E-state index contributed by atoms with van der Waals surface area (Å²) in [5.74, 6) is 0.0995. The predicted molar refractivity (Wildman–Crippen MR) is 51.7 cm³/mol. The molecular weight excluding hydrogens is 168 g/mol. The normalized spacial score (nSPS) is 24.4. The highest BCUT2D eigenvalue weighted by Crippen LogP contribution is 2.28. The first-order valence-corrected chi connectivity index (χ1v) is 7.97. The molecule has 0 unspecified atom stereocenters. The zero-order valence-electron chi connectivity index (χ0n) is 8.02. The summed E-state index contributed by atoms with van der Waals surface area (Å²) in [6, 6.07) is 1.11. The van der Waals surface area contributed by atoms with Crippen LogP contribution in [0.15, 0.2) is 12.2 Å². The van der Waals surface area contributed by atoms with E-state index in [1.807, 2.05) is 0 Å². The number of esters is 1. The van der Waals surface area contributed by atoms with E-state index in [1.165, 1.54) is 0 Å². The number of ether oxygens (including phenoxy) is 1. The molecule has 2 nitrogen and oxygen atoms in total. The molecule has 0 amide bonds. The highest BCUT2D eigenvalue weighted by Gasteiger charge is 2.32. The zero-order chi connectivity index (χ0) is 9.35. The Morgan fingerprint density at radius 2 is 2.17 bits per heavy atom. The SMILES string of the molecule is C=C1C(=O)OC[C@@H]1C[Si](C)(C)C. The first-order chi connectivity index (χ1) is 5.40. The number of carbonyl (C=O) groups is 1. The van der Waals surface area contributed by atoms with Crippen molar-refractivity contribution in [3.05, 3.63) is 12.2 Å². The minimum absolute atomic E-state index is 0.196. The highest BCUT2D eigenvalue weighted by molar-refractivity contribution is 6.76. The molecule has 0 saturated carbocycles. The number of carbonyl (C=O) groups excluding carboxylic acids is 1. The van der Waals surface area contributed by atoms with Crippen molar-refractivity contribution in [2.75, 3.05) is 6.61 Å². The van der Waals surface area contributed by atoms with E-state index >= 15 is 0 Å². The Labute approximate surface area is 74.6 Å². The van der Waals surface area contributed by atoms with Gasteiger partial charge in [0.25, 0.3) is 0 Å². The molecule has 0 N–H and O–H groups in total. The third kappa shape index (κ3) is 2.20. The Hall–Kier alpha value is -0.573. The largest absolute Gasteiger partial charge is 0.462 e. The van der Waals surface area contributed by atoms with Crippen LogP contribution < -0.4 is 0 Å². The fourth-order valence-corrected chi connectivity index (χ4v) is 3.30. The van der Waals surface area contributed by atoms with Gasteiger partial charge in [-0.15, -0.1) is 0 Å². The van der Waals surface area contributed by atoms with Gasteiger partial charge in [0.15, 0.2) is 0 Å². The second kappa shape index (κ2) is 3.05. The lowest BCUT2D eigenvalue weighted by atomic mass is 10.1. The Bertz CT molecular complexity index is 215. The highest BCUT2D eigenvalue weighted by atomic mass is 28.3. The quantitative estimate of drug-likeness (QED) is 0.373. The second-order valence-electron chi connectivity index (χ2n) is 4.59. The van der Waals surface area contributed by atoms with E-state index in [9.17, 15) is 4.79 Å². The van der Waals surface area contributed by atoms with E-state index < -0.39 is 8.07 Å². The van der Waals surface area contributed by atoms with Crippen molar-refractivity contribution in [1.82, 2.24) is 0 Å². The fraction of sp³-hybridized carbons (Fsp3) is 0.667. The molecule has 12 heavy (non-hydrogen) atoms. The average molecular weight is 184 g/mol. The lowest BCUT2D eigenvalue weighted by Gasteiger charge is -2.19. The molecule has 1 rings (SSSR count). The van der Waals surface area contributed by atoms with Crippen LogP contribution in [0.1, 0.15) is 0 Å². The first-order valence-electron chi connectivity index (χ1n) is 4.26. The summed E-state index contributed by atoms with van der Waals surface area (Å²) < 4.78 is 4.91. The van der Waals surface area contributed by atoms with E-state index in [4.69, 9.17) is 4.74 Å². The summed E-state index contributed by atoms with van der Waals surface area (Å²) in [5.41, 5.74) is 0.678. The molecule has 68 valence electrons. The molecule has 1 aliphatic rings. The third-order valence-electron chi connectivity index (χ3n) is 2.03. The Balaban J connectivity index is 2.56. The summed E-state index contributed by atoms with van der Waals surface area (Å²) in [4.78, 5) is 11.0. The molecular formula is C9H16O2Si. The van der Waals surface area contributed by atoms with Crippen LogP contribution in [0.5, 0.6) is 0 Å². The van der Waals surface area contributed by atoms with Crippen LogP contribution in [0.3, 0.4) is 0 Å². The Kier molecular flexibility index (Phi) is 2.42. The summed E-state index contributed by atoms with van der Waals surface area (Å²) in [7, 11) is -1.09. The second-order valence-corrected chi connectivity index (χ2v) is 10.1. The van der Waals surface area contributed by atoms with Crippen molar-refractivity contribution >= 4 is 14.0 Å². The smallest absolute Gasteiger partial charge is 0.333 e. The van der Waals surface area contributed by atoms with Crippen molar-refractivity contribution in [2.24, 2.45) is 5.92 Å². The van der Waals surface area contributed by atoms with Gasteiger partial charge in [0.05, 0.1) is 6.61 Å². The van der Waals surface area contributed by atoms with Crippen LogP contribution in [0.25, 0.3) is 0 Å². The van der Waals surface area contributed by atoms with Gasteiger partial charge in [-0.3, -0.25) is 0 Å². The Morgan fingerprint density at radius 3 is 2.50 bits per heavy atom. The summed E-state index contributed by atoms with van der Waals surface area (Å²) >= 11 is 0. The van der Waals surface area contributed by atoms with E-state index in [0.29, 0.717) is 18.1 Å². The molecule has 1 fully saturated rings. The van der Waals surface area contributed by atoms with Crippen LogP contribution >= 0.6 is 0 Å². The van der Waals surface area contributed by atoms with Crippen molar-refractivity contribution in [2.45, 2.75) is 25.7 Å². The van der Waals surface area contributed by atoms with Crippen molar-refractivity contribution in [3.8, 4) is 0 Å². The van der Waals surface area contributed by atoms with Gasteiger partial charge < -0.3 is 4.74 Å². The van der Waals surface area contributed by atoms with Crippen molar-refractivity contribution in [3.63, 3.8) is 0 Å². The molecule has 1 saturated heterocycles. The van der Waals surface area contributed by atoms with Gasteiger partial charge in [-0.05, 0) is 6.04 Å². The van der Waals surface area contributed by atoms with E-state index in [1.54, 1.807) is 0 Å². The molecule has 0 aromatic rings. The van der Waals surface area contributed by atoms with Crippen LogP contribution in [0, 0.1) is 5.92 Å². The van der Waals surface area contributed by atoms with Crippen LogP contribution in [-0.4, -0.2) is 20.7 Å². The maximum Gasteiger partial charge on any atom is 0.333 e. The molecule has 0 radical (unpaired) electrons. The zero-order valence-corrected chi connectivity index (χ0v) is 9.02. The van der Waals surface area contributed by atoms with Crippen LogP contribution in [-0.2, 0) is 9.53 Å². The van der Waals surface area contributed by atoms with E-state index in [0.717, 1.165) is 6.04 Å². The van der Waals surface area contributed by atoms with Crippen LogP contribution in [0.4, 0.5) is 0 Å². The molecule has 1 atom stereocenters. The summed E-state index contributed by atoms with van der Waals surface area (Å²) in [5, 5.41) is 0. The van der Waals surface area contributed by atoms with Gasteiger partial charge in [0.1, 0.15) is 0 Å². The maximum absolute atomic E-state index is 11.0. The lowest BCUT2D eigenvalue weighted by Crippen LogP contribution is -2.24. The number of rotatable bonds is 2. The fourth-order valence-electron chi connectivity index (χ4n) is 1.46. The van der Waals surface area contributed by atoms with E-state index in [2.05, 4.69) is 26.2 Å². The van der Waals surface area contributed by atoms with Crippen molar-refractivity contribution in [1.29, 1.82) is 0 Å². The summed E-state index contributed by atoms with van der Waals surface area (Å²) in [6.45, 7) is 11.2. The standard InChI is InChI=1S/C9H16O2Si/c1-7-8(5-11-9(7)10)6-12(2,3)4/h8H,1,5-6H2,2-4H3/t8-/m1/s1. The third-order valence-corrected chi connectivity index (χ3v) is 3.75. The molecule has 1 heterocycles. The lowest BCUT2D eigenvalue weighted by molar-refractivity contribution is -0.135. The number of hydrogen-bond acceptors (Lipinski definition) is 2. The molecule has 0 spiro atoms. The van der Waals surface area contributed by atoms with Gasteiger partial charge in [-0.25, -0.2) is 4.79 Å². The molecule has 0 aromatic carbocycles. The topological polar surface area (TPSA) is 26.3 Å².